The maximum atomic E-state index is 6.30. The first-order valence-electron chi connectivity index (χ1n) is 16.6. The molecular formula is C45H27N3O2. The van der Waals surface area contributed by atoms with E-state index in [0.29, 0.717) is 17.5 Å². The van der Waals surface area contributed by atoms with Gasteiger partial charge in [-0.3, -0.25) is 0 Å². The molecule has 0 saturated carbocycles. The van der Waals surface area contributed by atoms with Gasteiger partial charge in [0.25, 0.3) is 0 Å². The van der Waals surface area contributed by atoms with Crippen LogP contribution in [0.4, 0.5) is 0 Å². The van der Waals surface area contributed by atoms with Crippen LogP contribution in [0.15, 0.2) is 173 Å². The molecule has 5 nitrogen and oxygen atoms in total. The van der Waals surface area contributed by atoms with Crippen LogP contribution in [0.25, 0.3) is 100 Å². The molecular weight excluding hydrogens is 615 g/mol. The van der Waals surface area contributed by atoms with E-state index in [4.69, 9.17) is 23.8 Å². The zero-order chi connectivity index (χ0) is 33.0. The molecule has 0 spiro atoms. The minimum Gasteiger partial charge on any atom is -0.456 e. The lowest BCUT2D eigenvalue weighted by Crippen LogP contribution is -2.00. The number of hydrogen-bond acceptors (Lipinski definition) is 5. The van der Waals surface area contributed by atoms with Crippen molar-refractivity contribution in [3.05, 3.63) is 164 Å². The van der Waals surface area contributed by atoms with E-state index in [9.17, 15) is 0 Å². The van der Waals surface area contributed by atoms with Gasteiger partial charge in [0.05, 0.1) is 0 Å². The molecule has 3 heterocycles. The molecule has 0 aliphatic rings. The summed E-state index contributed by atoms with van der Waals surface area (Å²) in [4.78, 5) is 15.0. The largest absolute Gasteiger partial charge is 0.456 e. The van der Waals surface area contributed by atoms with E-state index in [1.807, 2.05) is 72.8 Å². The summed E-state index contributed by atoms with van der Waals surface area (Å²) < 4.78 is 12.5. The minimum absolute atomic E-state index is 0.602. The number of furan rings is 2. The summed E-state index contributed by atoms with van der Waals surface area (Å²) in [5, 5.41) is 4.29. The normalized spacial score (nSPS) is 11.6. The third-order valence-corrected chi connectivity index (χ3v) is 9.39. The molecule has 50 heavy (non-hydrogen) atoms. The minimum atomic E-state index is 0.602. The third-order valence-electron chi connectivity index (χ3n) is 9.39. The number of hydrogen-bond donors (Lipinski definition) is 0. The standard InChI is InChI=1S/C45H27N3O2/c1-2-10-31(11-3-1)43-46-44(48-45(47-43)37-16-9-19-40-41(37)36-13-5-7-18-39(36)49-40)32-26-22-29(23-27-32)28-20-24-30(25-21-28)33-14-8-15-35-34-12-4-6-17-38(34)50-42(33)35/h1-27H. The zero-order valence-corrected chi connectivity index (χ0v) is 26.7. The van der Waals surface area contributed by atoms with Crippen molar-refractivity contribution in [2.45, 2.75) is 0 Å². The van der Waals surface area contributed by atoms with Crippen LogP contribution in [-0.4, -0.2) is 15.0 Å². The average molecular weight is 642 g/mol. The van der Waals surface area contributed by atoms with Crippen molar-refractivity contribution in [3.8, 4) is 56.4 Å². The van der Waals surface area contributed by atoms with Crippen molar-refractivity contribution in [2.75, 3.05) is 0 Å². The van der Waals surface area contributed by atoms with E-state index in [1.54, 1.807) is 0 Å². The van der Waals surface area contributed by atoms with Gasteiger partial charge in [-0.1, -0.05) is 146 Å². The Morgan fingerprint density at radius 1 is 0.300 bits per heavy atom. The van der Waals surface area contributed by atoms with Crippen molar-refractivity contribution in [3.63, 3.8) is 0 Å². The Kier molecular flexibility index (Phi) is 6.42. The molecule has 0 amide bonds. The smallest absolute Gasteiger partial charge is 0.164 e. The number of rotatable bonds is 5. The molecule has 0 aliphatic heterocycles. The van der Waals surface area contributed by atoms with E-state index in [-0.39, 0.29) is 0 Å². The van der Waals surface area contributed by atoms with Gasteiger partial charge in [0, 0.05) is 43.8 Å². The second-order valence-corrected chi connectivity index (χ2v) is 12.4. The molecule has 0 unspecified atom stereocenters. The molecule has 3 aromatic heterocycles. The highest BCUT2D eigenvalue weighted by Gasteiger charge is 2.18. The maximum absolute atomic E-state index is 6.30. The number of para-hydroxylation sites is 3. The predicted molar refractivity (Wildman–Crippen MR) is 202 cm³/mol. The first-order chi connectivity index (χ1) is 24.8. The number of nitrogens with zero attached hydrogens (tertiary/aromatic N) is 3. The molecule has 234 valence electrons. The topological polar surface area (TPSA) is 65.0 Å². The van der Waals surface area contributed by atoms with Crippen molar-refractivity contribution < 1.29 is 8.83 Å². The summed E-state index contributed by atoms with van der Waals surface area (Å²) in [5.41, 5.74) is 10.6. The van der Waals surface area contributed by atoms with E-state index in [0.717, 1.165) is 82.8 Å². The van der Waals surface area contributed by atoms with Crippen LogP contribution in [0.2, 0.25) is 0 Å². The molecule has 5 heteroatoms. The molecule has 7 aromatic carbocycles. The predicted octanol–water partition coefficient (Wildman–Crippen LogP) is 12.0. The lowest BCUT2D eigenvalue weighted by atomic mass is 9.98. The second kappa shape index (κ2) is 11.4. The Bertz CT molecular complexity index is 2850. The summed E-state index contributed by atoms with van der Waals surface area (Å²) in [6.07, 6.45) is 0. The van der Waals surface area contributed by atoms with E-state index in [1.165, 1.54) is 0 Å². The van der Waals surface area contributed by atoms with E-state index >= 15 is 0 Å². The quantitative estimate of drug-likeness (QED) is 0.187. The van der Waals surface area contributed by atoms with Crippen molar-refractivity contribution in [1.29, 1.82) is 0 Å². The Morgan fingerprint density at radius 3 is 1.54 bits per heavy atom. The summed E-state index contributed by atoms with van der Waals surface area (Å²) in [6.45, 7) is 0. The lowest BCUT2D eigenvalue weighted by Gasteiger charge is -2.10. The van der Waals surface area contributed by atoms with Crippen LogP contribution in [0.1, 0.15) is 0 Å². The van der Waals surface area contributed by atoms with Gasteiger partial charge in [0.2, 0.25) is 0 Å². The Labute approximate surface area is 287 Å². The fourth-order valence-electron chi connectivity index (χ4n) is 6.93. The van der Waals surface area contributed by atoms with Gasteiger partial charge in [-0.2, -0.15) is 0 Å². The first-order valence-corrected chi connectivity index (χ1v) is 16.6. The molecule has 10 rings (SSSR count). The molecule has 10 aromatic rings. The van der Waals surface area contributed by atoms with Crippen LogP contribution in [-0.2, 0) is 0 Å². The Balaban J connectivity index is 1.03. The van der Waals surface area contributed by atoms with Crippen LogP contribution in [0.3, 0.4) is 0 Å². The van der Waals surface area contributed by atoms with Crippen LogP contribution in [0.5, 0.6) is 0 Å². The lowest BCUT2D eigenvalue weighted by molar-refractivity contribution is 0.669. The first kappa shape index (κ1) is 28.2. The van der Waals surface area contributed by atoms with Crippen molar-refractivity contribution >= 4 is 43.9 Å². The van der Waals surface area contributed by atoms with Gasteiger partial charge in [0.15, 0.2) is 17.5 Å². The van der Waals surface area contributed by atoms with Gasteiger partial charge >= 0.3 is 0 Å². The fourth-order valence-corrected chi connectivity index (χ4v) is 6.93. The van der Waals surface area contributed by atoms with Gasteiger partial charge in [0.1, 0.15) is 22.3 Å². The monoisotopic (exact) mass is 641 g/mol. The van der Waals surface area contributed by atoms with Crippen LogP contribution >= 0.6 is 0 Å². The van der Waals surface area contributed by atoms with Crippen LogP contribution < -0.4 is 0 Å². The van der Waals surface area contributed by atoms with E-state index in [2.05, 4.69) is 91.0 Å². The van der Waals surface area contributed by atoms with Gasteiger partial charge in [-0.25, -0.2) is 15.0 Å². The number of fused-ring (bicyclic) bond motifs is 6. The Morgan fingerprint density at radius 2 is 0.800 bits per heavy atom. The molecule has 0 saturated heterocycles. The molecule has 0 bridgehead atoms. The number of aromatic nitrogens is 3. The highest BCUT2D eigenvalue weighted by atomic mass is 16.3. The van der Waals surface area contributed by atoms with Gasteiger partial charge in [-0.05, 0) is 34.9 Å². The molecule has 0 N–H and O–H groups in total. The number of benzene rings is 7. The van der Waals surface area contributed by atoms with Gasteiger partial charge in [-0.15, -0.1) is 0 Å². The van der Waals surface area contributed by atoms with Crippen molar-refractivity contribution in [1.82, 2.24) is 15.0 Å². The SMILES string of the molecule is c1ccc(-c2nc(-c3ccc(-c4ccc(-c5cccc6c5oc5ccccc56)cc4)cc3)nc(-c3cccc4oc5ccccc5c34)n2)cc1. The summed E-state index contributed by atoms with van der Waals surface area (Å²) in [5.74, 6) is 1.83. The summed E-state index contributed by atoms with van der Waals surface area (Å²) in [7, 11) is 0. The second-order valence-electron chi connectivity index (χ2n) is 12.4. The maximum Gasteiger partial charge on any atom is 0.164 e. The molecule has 0 atom stereocenters. The molecule has 0 radical (unpaired) electrons. The molecule has 0 fully saturated rings. The molecule has 0 aliphatic carbocycles. The fraction of sp³-hybridized carbons (Fsp3) is 0. The average Bonchev–Trinajstić information content (AvgIpc) is 3.77. The zero-order valence-electron chi connectivity index (χ0n) is 26.7. The Hall–Kier alpha value is -6.85. The van der Waals surface area contributed by atoms with Crippen molar-refractivity contribution in [2.24, 2.45) is 0 Å². The van der Waals surface area contributed by atoms with E-state index < -0.39 is 0 Å². The van der Waals surface area contributed by atoms with Crippen LogP contribution in [0, 0.1) is 0 Å². The third kappa shape index (κ3) is 4.67. The summed E-state index contributed by atoms with van der Waals surface area (Å²) >= 11 is 0. The highest BCUT2D eigenvalue weighted by molar-refractivity contribution is 6.12. The van der Waals surface area contributed by atoms with Gasteiger partial charge < -0.3 is 8.83 Å². The highest BCUT2D eigenvalue weighted by Crippen LogP contribution is 2.38. The summed E-state index contributed by atoms with van der Waals surface area (Å²) in [6, 6.07) is 55.8.